The standard InChI is InChI=1S/C15H25ClN2O2S/c1-5-12(6-2)11(4)18-21(19,20)15-8-14(16)7-13(9-17)10(15)3/h7-8,11-12,18H,5-6,9,17H2,1-4H3. The van der Waals surface area contributed by atoms with Gasteiger partial charge >= 0.3 is 0 Å². The van der Waals surface area contributed by atoms with Crippen LogP contribution in [-0.4, -0.2) is 14.5 Å². The summed E-state index contributed by atoms with van der Waals surface area (Å²) in [6.45, 7) is 8.05. The Kier molecular flexibility index (Phi) is 6.66. The molecular formula is C15H25ClN2O2S. The second-order valence-corrected chi connectivity index (χ2v) is 7.50. The van der Waals surface area contributed by atoms with Crippen molar-refractivity contribution in [3.05, 3.63) is 28.3 Å². The lowest BCUT2D eigenvalue weighted by atomic mass is 9.96. The zero-order valence-electron chi connectivity index (χ0n) is 13.1. The lowest BCUT2D eigenvalue weighted by molar-refractivity contribution is 0.390. The maximum Gasteiger partial charge on any atom is 0.241 e. The molecule has 1 atom stereocenters. The monoisotopic (exact) mass is 332 g/mol. The highest BCUT2D eigenvalue weighted by Crippen LogP contribution is 2.25. The van der Waals surface area contributed by atoms with Gasteiger partial charge in [0.25, 0.3) is 0 Å². The molecule has 0 amide bonds. The van der Waals surface area contributed by atoms with Crippen molar-refractivity contribution < 1.29 is 8.42 Å². The molecule has 0 aliphatic rings. The van der Waals surface area contributed by atoms with Gasteiger partial charge in [0.15, 0.2) is 0 Å². The molecule has 1 unspecified atom stereocenters. The first kappa shape index (κ1) is 18.4. The average Bonchev–Trinajstić information content (AvgIpc) is 2.41. The molecule has 0 bridgehead atoms. The van der Waals surface area contributed by atoms with Crippen LogP contribution < -0.4 is 10.5 Å². The normalized spacial score (nSPS) is 13.7. The topological polar surface area (TPSA) is 72.2 Å². The number of benzene rings is 1. The fraction of sp³-hybridized carbons (Fsp3) is 0.600. The quantitative estimate of drug-likeness (QED) is 0.805. The van der Waals surface area contributed by atoms with Gasteiger partial charge in [-0.25, -0.2) is 13.1 Å². The lowest BCUT2D eigenvalue weighted by Gasteiger charge is -2.23. The number of sulfonamides is 1. The molecule has 1 aromatic carbocycles. The van der Waals surface area contributed by atoms with Crippen molar-refractivity contribution >= 4 is 21.6 Å². The Morgan fingerprint density at radius 3 is 2.33 bits per heavy atom. The number of hydrogen-bond acceptors (Lipinski definition) is 3. The molecular weight excluding hydrogens is 308 g/mol. The summed E-state index contributed by atoms with van der Waals surface area (Å²) in [4.78, 5) is 0.216. The second-order valence-electron chi connectivity index (χ2n) is 5.38. The second kappa shape index (κ2) is 7.58. The van der Waals surface area contributed by atoms with Gasteiger partial charge in [0, 0.05) is 17.6 Å². The van der Waals surface area contributed by atoms with Crippen LogP contribution in [-0.2, 0) is 16.6 Å². The molecule has 0 aliphatic heterocycles. The first-order valence-corrected chi connectivity index (χ1v) is 9.14. The third-order valence-electron chi connectivity index (χ3n) is 4.04. The van der Waals surface area contributed by atoms with Gasteiger partial charge in [-0.3, -0.25) is 0 Å². The number of halogens is 1. The first-order valence-electron chi connectivity index (χ1n) is 7.28. The van der Waals surface area contributed by atoms with E-state index in [1.54, 1.807) is 13.0 Å². The van der Waals surface area contributed by atoms with Crippen molar-refractivity contribution in [3.63, 3.8) is 0 Å². The van der Waals surface area contributed by atoms with E-state index in [0.29, 0.717) is 16.5 Å². The van der Waals surface area contributed by atoms with E-state index in [1.165, 1.54) is 6.07 Å². The SMILES string of the molecule is CCC(CC)C(C)NS(=O)(=O)c1cc(Cl)cc(CN)c1C. The minimum Gasteiger partial charge on any atom is -0.326 e. The Labute approximate surface area is 133 Å². The predicted molar refractivity (Wildman–Crippen MR) is 87.9 cm³/mol. The predicted octanol–water partition coefficient (Wildman–Crippen LogP) is 3.21. The summed E-state index contributed by atoms with van der Waals surface area (Å²) in [5.41, 5.74) is 7.06. The minimum atomic E-state index is -3.60. The fourth-order valence-corrected chi connectivity index (χ4v) is 4.53. The minimum absolute atomic E-state index is 0.121. The van der Waals surface area contributed by atoms with Crippen LogP contribution in [0.4, 0.5) is 0 Å². The number of nitrogens with two attached hydrogens (primary N) is 1. The Morgan fingerprint density at radius 1 is 1.29 bits per heavy atom. The van der Waals surface area contributed by atoms with Crippen LogP contribution in [0.25, 0.3) is 0 Å². The molecule has 21 heavy (non-hydrogen) atoms. The number of rotatable bonds is 7. The van der Waals surface area contributed by atoms with Gasteiger partial charge in [-0.1, -0.05) is 38.3 Å². The van der Waals surface area contributed by atoms with E-state index in [1.807, 2.05) is 6.92 Å². The van der Waals surface area contributed by atoms with E-state index in [0.717, 1.165) is 18.4 Å². The first-order chi connectivity index (χ1) is 9.76. The molecule has 0 fully saturated rings. The van der Waals surface area contributed by atoms with Crippen LogP contribution in [0, 0.1) is 12.8 Å². The highest BCUT2D eigenvalue weighted by molar-refractivity contribution is 7.89. The molecule has 4 nitrogen and oxygen atoms in total. The molecule has 0 aromatic heterocycles. The van der Waals surface area contributed by atoms with Gasteiger partial charge in [-0.2, -0.15) is 0 Å². The molecule has 0 spiro atoms. The van der Waals surface area contributed by atoms with Crippen LogP contribution >= 0.6 is 11.6 Å². The third-order valence-corrected chi connectivity index (χ3v) is 5.94. The Bertz CT molecular complexity index is 584. The van der Waals surface area contributed by atoms with E-state index in [4.69, 9.17) is 17.3 Å². The van der Waals surface area contributed by atoms with E-state index in [-0.39, 0.29) is 17.5 Å². The molecule has 0 saturated heterocycles. The maximum atomic E-state index is 12.6. The summed E-state index contributed by atoms with van der Waals surface area (Å²) in [6, 6.07) is 3.07. The Balaban J connectivity index is 3.17. The van der Waals surface area contributed by atoms with E-state index >= 15 is 0 Å². The van der Waals surface area contributed by atoms with Gasteiger partial charge in [-0.15, -0.1) is 0 Å². The summed E-state index contributed by atoms with van der Waals surface area (Å²) in [5.74, 6) is 0.313. The van der Waals surface area contributed by atoms with Crippen molar-refractivity contribution in [1.82, 2.24) is 4.72 Å². The van der Waals surface area contributed by atoms with Crippen molar-refractivity contribution in [2.45, 2.75) is 58.0 Å². The number of hydrogen-bond donors (Lipinski definition) is 2. The zero-order valence-corrected chi connectivity index (χ0v) is 14.7. The molecule has 3 N–H and O–H groups in total. The van der Waals surface area contributed by atoms with Crippen LogP contribution in [0.2, 0.25) is 5.02 Å². The molecule has 1 aromatic rings. The molecule has 6 heteroatoms. The maximum absolute atomic E-state index is 12.6. The Hall–Kier alpha value is -0.620. The summed E-state index contributed by atoms with van der Waals surface area (Å²) >= 11 is 6.01. The van der Waals surface area contributed by atoms with Gasteiger partial charge < -0.3 is 5.73 Å². The van der Waals surface area contributed by atoms with E-state index in [9.17, 15) is 8.42 Å². The van der Waals surface area contributed by atoms with E-state index < -0.39 is 10.0 Å². The molecule has 1 rings (SSSR count). The van der Waals surface area contributed by atoms with Gasteiger partial charge in [-0.05, 0) is 43.0 Å². The van der Waals surface area contributed by atoms with Crippen LogP contribution in [0.5, 0.6) is 0 Å². The highest BCUT2D eigenvalue weighted by Gasteiger charge is 2.24. The van der Waals surface area contributed by atoms with Gasteiger partial charge in [0.1, 0.15) is 0 Å². The molecule has 0 saturated carbocycles. The van der Waals surface area contributed by atoms with Gasteiger partial charge in [0.05, 0.1) is 4.90 Å². The third kappa shape index (κ3) is 4.42. The smallest absolute Gasteiger partial charge is 0.241 e. The summed E-state index contributed by atoms with van der Waals surface area (Å²) in [7, 11) is -3.60. The summed E-state index contributed by atoms with van der Waals surface area (Å²) in [5, 5.41) is 0.386. The van der Waals surface area contributed by atoms with E-state index in [2.05, 4.69) is 18.6 Å². The molecule has 0 heterocycles. The molecule has 0 aliphatic carbocycles. The van der Waals surface area contributed by atoms with Crippen LogP contribution in [0.1, 0.15) is 44.7 Å². The highest BCUT2D eigenvalue weighted by atomic mass is 35.5. The Morgan fingerprint density at radius 2 is 1.86 bits per heavy atom. The van der Waals surface area contributed by atoms with Crippen molar-refractivity contribution in [1.29, 1.82) is 0 Å². The van der Waals surface area contributed by atoms with Crippen LogP contribution in [0.15, 0.2) is 17.0 Å². The average molecular weight is 333 g/mol. The van der Waals surface area contributed by atoms with Crippen molar-refractivity contribution in [3.8, 4) is 0 Å². The van der Waals surface area contributed by atoms with Crippen molar-refractivity contribution in [2.24, 2.45) is 11.7 Å². The van der Waals surface area contributed by atoms with Crippen molar-refractivity contribution in [2.75, 3.05) is 0 Å². The van der Waals surface area contributed by atoms with Gasteiger partial charge in [0.2, 0.25) is 10.0 Å². The summed E-state index contributed by atoms with van der Waals surface area (Å²) < 4.78 is 28.0. The zero-order chi connectivity index (χ0) is 16.2. The molecule has 120 valence electrons. The molecule has 0 radical (unpaired) electrons. The lowest BCUT2D eigenvalue weighted by Crippen LogP contribution is -2.38. The summed E-state index contributed by atoms with van der Waals surface area (Å²) in [6.07, 6.45) is 1.87. The largest absolute Gasteiger partial charge is 0.326 e. The number of nitrogens with one attached hydrogen (secondary N) is 1. The van der Waals surface area contributed by atoms with Crippen LogP contribution in [0.3, 0.4) is 0 Å². The fourth-order valence-electron chi connectivity index (χ4n) is 2.60.